The highest BCUT2D eigenvalue weighted by Gasteiger charge is 2.28. The Hall–Kier alpha value is -1.62. The van der Waals surface area contributed by atoms with Crippen molar-refractivity contribution in [3.63, 3.8) is 0 Å². The van der Waals surface area contributed by atoms with E-state index < -0.39 is 5.97 Å². The van der Waals surface area contributed by atoms with Gasteiger partial charge in [0.2, 0.25) is 0 Å². The smallest absolute Gasteiger partial charge is 0.312 e. The summed E-state index contributed by atoms with van der Waals surface area (Å²) in [5.41, 5.74) is 1.42. The Morgan fingerprint density at radius 1 is 1.25 bits per heavy atom. The molecule has 0 saturated heterocycles. The van der Waals surface area contributed by atoms with Gasteiger partial charge in [0.15, 0.2) is 0 Å². The van der Waals surface area contributed by atoms with Crippen molar-refractivity contribution in [2.75, 3.05) is 0 Å². The second kappa shape index (κ2) is 5.40. The molecule has 1 aliphatic rings. The number of hydrogen-bond acceptors (Lipinski definition) is 4. The average Bonchev–Trinajstić information content (AvgIpc) is 3.03. The molecular weight excluding hydrogens is 317 g/mol. The molecule has 0 radical (unpaired) electrons. The summed E-state index contributed by atoms with van der Waals surface area (Å²) in [6, 6.07) is 8.82. The van der Waals surface area contributed by atoms with Crippen LogP contribution in [0.3, 0.4) is 0 Å². The van der Waals surface area contributed by atoms with Gasteiger partial charge in [-0.25, -0.2) is 4.79 Å². The van der Waals surface area contributed by atoms with Crippen LogP contribution in [0.15, 0.2) is 46.4 Å². The zero-order valence-corrected chi connectivity index (χ0v) is 12.3. The lowest BCUT2D eigenvalue weighted by Gasteiger charge is -2.03. The minimum atomic E-state index is -0.487. The number of carbonyl (C=O) groups is 1. The van der Waals surface area contributed by atoms with E-state index in [0.29, 0.717) is 26.9 Å². The quantitative estimate of drug-likeness (QED) is 0.607. The van der Waals surface area contributed by atoms with E-state index in [1.807, 2.05) is 17.5 Å². The van der Waals surface area contributed by atoms with E-state index in [0.717, 1.165) is 4.88 Å². The number of halogens is 2. The molecule has 0 aliphatic carbocycles. The van der Waals surface area contributed by atoms with Gasteiger partial charge in [-0.1, -0.05) is 34.4 Å². The molecule has 1 aromatic heterocycles. The fourth-order valence-electron chi connectivity index (χ4n) is 1.80. The number of carbonyl (C=O) groups excluding carboxylic acids is 1. The van der Waals surface area contributed by atoms with Gasteiger partial charge in [0.05, 0.1) is 10.6 Å². The summed E-state index contributed by atoms with van der Waals surface area (Å²) in [7, 11) is 0. The molecule has 2 aromatic rings. The summed E-state index contributed by atoms with van der Waals surface area (Å²) in [6.07, 6.45) is 1.74. The number of benzene rings is 1. The average molecular weight is 324 g/mol. The Morgan fingerprint density at radius 3 is 2.80 bits per heavy atom. The summed E-state index contributed by atoms with van der Waals surface area (Å²) >= 11 is 13.5. The minimum absolute atomic E-state index is 0.386. The van der Waals surface area contributed by atoms with Crippen molar-refractivity contribution >= 4 is 52.3 Å². The Labute approximate surface area is 129 Å². The molecule has 6 heteroatoms. The van der Waals surface area contributed by atoms with Gasteiger partial charge in [0.25, 0.3) is 0 Å². The molecule has 100 valence electrons. The second-order valence-electron chi connectivity index (χ2n) is 4.02. The van der Waals surface area contributed by atoms with Crippen molar-refractivity contribution in [1.29, 1.82) is 0 Å². The molecule has 3 nitrogen and oxygen atoms in total. The molecule has 0 atom stereocenters. The molecule has 20 heavy (non-hydrogen) atoms. The van der Waals surface area contributed by atoms with E-state index in [-0.39, 0.29) is 0 Å². The molecule has 0 spiro atoms. The number of oxime groups is 1. The van der Waals surface area contributed by atoms with Crippen LogP contribution in [0, 0.1) is 0 Å². The lowest BCUT2D eigenvalue weighted by Crippen LogP contribution is -2.07. The van der Waals surface area contributed by atoms with Gasteiger partial charge < -0.3 is 4.84 Å². The summed E-state index contributed by atoms with van der Waals surface area (Å²) in [4.78, 5) is 17.5. The van der Waals surface area contributed by atoms with Crippen LogP contribution in [-0.4, -0.2) is 11.7 Å². The maximum absolute atomic E-state index is 11.8. The van der Waals surface area contributed by atoms with Crippen LogP contribution in [0.25, 0.3) is 6.08 Å². The highest BCUT2D eigenvalue weighted by atomic mass is 35.5. The second-order valence-corrected chi connectivity index (χ2v) is 5.84. The fraction of sp³-hybridized carbons (Fsp3) is 0. The first-order valence-electron chi connectivity index (χ1n) is 5.65. The first kappa shape index (κ1) is 13.4. The van der Waals surface area contributed by atoms with Crippen molar-refractivity contribution in [2.24, 2.45) is 5.16 Å². The highest BCUT2D eigenvalue weighted by molar-refractivity contribution is 7.10. The lowest BCUT2D eigenvalue weighted by atomic mass is 10.0. The standard InChI is InChI=1S/C14H7Cl2NO2S/c15-8-3-4-10(12(16)6-8)13-11(14(18)19-17-13)7-9-2-1-5-20-9/h1-7H/b11-7-. The van der Waals surface area contributed by atoms with Crippen LogP contribution >= 0.6 is 34.5 Å². The summed E-state index contributed by atoms with van der Waals surface area (Å²) in [5.74, 6) is -0.487. The first-order valence-corrected chi connectivity index (χ1v) is 7.29. The van der Waals surface area contributed by atoms with Gasteiger partial charge in [-0.15, -0.1) is 11.3 Å². The molecule has 0 saturated carbocycles. The van der Waals surface area contributed by atoms with Gasteiger partial charge in [-0.3, -0.25) is 0 Å². The van der Waals surface area contributed by atoms with Gasteiger partial charge in [-0.2, -0.15) is 0 Å². The molecule has 0 amide bonds. The van der Waals surface area contributed by atoms with Gasteiger partial charge in [0, 0.05) is 15.5 Å². The molecule has 3 rings (SSSR count). The largest absolute Gasteiger partial charge is 0.368 e. The number of nitrogens with zero attached hydrogens (tertiary/aromatic N) is 1. The van der Waals surface area contributed by atoms with Crippen LogP contribution in [0.5, 0.6) is 0 Å². The third-order valence-corrected chi connectivity index (χ3v) is 4.08. The topological polar surface area (TPSA) is 38.7 Å². The predicted molar refractivity (Wildman–Crippen MR) is 81.4 cm³/mol. The van der Waals surface area contributed by atoms with Crippen LogP contribution in [0.4, 0.5) is 0 Å². The Kier molecular flexibility index (Phi) is 3.61. The van der Waals surface area contributed by atoms with Crippen molar-refractivity contribution in [3.05, 3.63) is 61.8 Å². The van der Waals surface area contributed by atoms with Crippen molar-refractivity contribution < 1.29 is 9.63 Å². The normalized spacial score (nSPS) is 16.4. The summed E-state index contributed by atoms with van der Waals surface area (Å²) < 4.78 is 0. The maximum atomic E-state index is 11.8. The molecular formula is C14H7Cl2NO2S. The van der Waals surface area contributed by atoms with E-state index in [4.69, 9.17) is 28.0 Å². The minimum Gasteiger partial charge on any atom is -0.312 e. The molecule has 1 aromatic carbocycles. The highest BCUT2D eigenvalue weighted by Crippen LogP contribution is 2.28. The summed E-state index contributed by atoms with van der Waals surface area (Å²) in [6.45, 7) is 0. The van der Waals surface area contributed by atoms with Crippen molar-refractivity contribution in [2.45, 2.75) is 0 Å². The van der Waals surface area contributed by atoms with Crippen LogP contribution in [0.1, 0.15) is 10.4 Å². The van der Waals surface area contributed by atoms with Crippen LogP contribution in [0.2, 0.25) is 10.0 Å². The monoisotopic (exact) mass is 323 g/mol. The molecule has 0 unspecified atom stereocenters. The summed E-state index contributed by atoms with van der Waals surface area (Å²) in [5, 5.41) is 6.69. The van der Waals surface area contributed by atoms with Gasteiger partial charge in [-0.05, 0) is 35.7 Å². The van der Waals surface area contributed by atoms with Crippen molar-refractivity contribution in [1.82, 2.24) is 0 Å². The molecule has 0 N–H and O–H groups in total. The molecule has 1 aliphatic heterocycles. The van der Waals surface area contributed by atoms with E-state index in [1.54, 1.807) is 24.3 Å². The molecule has 0 fully saturated rings. The van der Waals surface area contributed by atoms with Crippen LogP contribution in [-0.2, 0) is 9.63 Å². The Balaban J connectivity index is 2.06. The van der Waals surface area contributed by atoms with E-state index in [1.165, 1.54) is 11.3 Å². The van der Waals surface area contributed by atoms with Gasteiger partial charge >= 0.3 is 5.97 Å². The third-order valence-electron chi connectivity index (χ3n) is 2.71. The lowest BCUT2D eigenvalue weighted by molar-refractivity contribution is -0.136. The van der Waals surface area contributed by atoms with Crippen LogP contribution < -0.4 is 0 Å². The fourth-order valence-corrected chi connectivity index (χ4v) is 2.96. The Morgan fingerprint density at radius 2 is 2.10 bits per heavy atom. The first-order chi connectivity index (χ1) is 9.65. The van der Waals surface area contributed by atoms with E-state index >= 15 is 0 Å². The van der Waals surface area contributed by atoms with E-state index in [2.05, 4.69) is 5.16 Å². The SMILES string of the molecule is O=C1ON=C(c2ccc(Cl)cc2Cl)/C1=C/c1cccs1. The number of hydrogen-bond donors (Lipinski definition) is 0. The predicted octanol–water partition coefficient (Wildman–Crippen LogP) is 4.40. The zero-order chi connectivity index (χ0) is 14.1. The molecule has 2 heterocycles. The zero-order valence-electron chi connectivity index (χ0n) is 9.97. The maximum Gasteiger partial charge on any atom is 0.368 e. The molecule has 0 bridgehead atoms. The van der Waals surface area contributed by atoms with Crippen molar-refractivity contribution in [3.8, 4) is 0 Å². The number of thiophene rings is 1. The van der Waals surface area contributed by atoms with Gasteiger partial charge in [0.1, 0.15) is 5.71 Å². The Bertz CT molecular complexity index is 736. The van der Waals surface area contributed by atoms with E-state index in [9.17, 15) is 4.79 Å². The number of rotatable bonds is 2. The third kappa shape index (κ3) is 2.50.